The van der Waals surface area contributed by atoms with Crippen molar-refractivity contribution in [3.8, 4) is 0 Å². The maximum absolute atomic E-state index is 13.4. The third-order valence-electron chi connectivity index (χ3n) is 5.43. The van der Waals surface area contributed by atoms with E-state index in [0.717, 1.165) is 22.3 Å². The molecule has 4 nitrogen and oxygen atoms in total. The van der Waals surface area contributed by atoms with Crippen LogP contribution in [-0.2, 0) is 16.1 Å². The highest BCUT2D eigenvalue weighted by Crippen LogP contribution is 2.33. The van der Waals surface area contributed by atoms with Gasteiger partial charge < -0.3 is 5.32 Å². The summed E-state index contributed by atoms with van der Waals surface area (Å²) in [6, 6.07) is 20.9. The lowest BCUT2D eigenvalue weighted by Gasteiger charge is -2.16. The molecule has 4 rings (SSSR count). The summed E-state index contributed by atoms with van der Waals surface area (Å²) in [6.07, 6.45) is 0. The predicted molar refractivity (Wildman–Crippen MR) is 125 cm³/mol. The monoisotopic (exact) mass is 430 g/mol. The van der Waals surface area contributed by atoms with Gasteiger partial charge in [-0.15, -0.1) is 0 Å². The van der Waals surface area contributed by atoms with E-state index in [-0.39, 0.29) is 24.1 Å². The van der Waals surface area contributed by atoms with Crippen molar-refractivity contribution in [2.24, 2.45) is 0 Å². The Balaban J connectivity index is 1.76. The molecule has 0 atom stereocenters. The van der Waals surface area contributed by atoms with Crippen LogP contribution in [0.25, 0.3) is 5.57 Å². The number of nitrogens with zero attached hydrogens (tertiary/aromatic N) is 1. The number of hydrogen-bond acceptors (Lipinski definition) is 3. The summed E-state index contributed by atoms with van der Waals surface area (Å²) in [5.74, 6) is -0.655. The van der Waals surface area contributed by atoms with Gasteiger partial charge in [0.05, 0.1) is 12.1 Å². The van der Waals surface area contributed by atoms with Gasteiger partial charge in [-0.2, -0.15) is 0 Å². The highest BCUT2D eigenvalue weighted by Gasteiger charge is 2.39. The van der Waals surface area contributed by atoms with Gasteiger partial charge in [-0.25, -0.2) is 0 Å². The number of nitrogens with one attached hydrogen (secondary N) is 1. The SMILES string of the molecule is Cc1ccc(CN2C(=O)C(Nc3cc(Cl)ccc3C)=C(c3ccc(C)cc3)C2=O)cc1. The first-order valence-corrected chi connectivity index (χ1v) is 10.5. The van der Waals surface area contributed by atoms with E-state index in [4.69, 9.17) is 11.6 Å². The van der Waals surface area contributed by atoms with Crippen LogP contribution >= 0.6 is 11.6 Å². The highest BCUT2D eigenvalue weighted by molar-refractivity contribution is 6.36. The summed E-state index contributed by atoms with van der Waals surface area (Å²) in [5.41, 5.74) is 6.08. The molecular formula is C26H23ClN2O2. The first-order valence-electron chi connectivity index (χ1n) is 10.1. The number of hydrogen-bond donors (Lipinski definition) is 1. The van der Waals surface area contributed by atoms with Crippen LogP contribution in [0.3, 0.4) is 0 Å². The number of rotatable bonds is 5. The Labute approximate surface area is 187 Å². The first kappa shape index (κ1) is 20.9. The lowest BCUT2D eigenvalue weighted by atomic mass is 10.0. The lowest BCUT2D eigenvalue weighted by molar-refractivity contribution is -0.137. The zero-order chi connectivity index (χ0) is 22.1. The number of aryl methyl sites for hydroxylation is 3. The van der Waals surface area contributed by atoms with Crippen molar-refractivity contribution >= 4 is 34.7 Å². The number of imide groups is 1. The van der Waals surface area contributed by atoms with Crippen LogP contribution in [0, 0.1) is 20.8 Å². The van der Waals surface area contributed by atoms with Crippen molar-refractivity contribution in [3.63, 3.8) is 0 Å². The van der Waals surface area contributed by atoms with Gasteiger partial charge in [0, 0.05) is 10.7 Å². The second-order valence-electron chi connectivity index (χ2n) is 7.88. The molecule has 0 aromatic heterocycles. The largest absolute Gasteiger partial charge is 0.350 e. The molecule has 1 aliphatic rings. The molecule has 0 aliphatic carbocycles. The fourth-order valence-electron chi connectivity index (χ4n) is 3.56. The van der Waals surface area contributed by atoms with Crippen LogP contribution in [0.5, 0.6) is 0 Å². The van der Waals surface area contributed by atoms with Crippen LogP contribution in [-0.4, -0.2) is 16.7 Å². The van der Waals surface area contributed by atoms with E-state index in [1.807, 2.05) is 75.4 Å². The summed E-state index contributed by atoms with van der Waals surface area (Å²) < 4.78 is 0. The second-order valence-corrected chi connectivity index (χ2v) is 8.32. The van der Waals surface area contributed by atoms with E-state index in [0.29, 0.717) is 21.8 Å². The first-order chi connectivity index (χ1) is 14.8. The van der Waals surface area contributed by atoms with Gasteiger partial charge in [0.2, 0.25) is 0 Å². The summed E-state index contributed by atoms with van der Waals surface area (Å²) in [6.45, 7) is 6.13. The van der Waals surface area contributed by atoms with Crippen LogP contribution < -0.4 is 5.32 Å². The van der Waals surface area contributed by atoms with E-state index in [2.05, 4.69) is 5.32 Å². The van der Waals surface area contributed by atoms with Crippen LogP contribution in [0.2, 0.25) is 5.02 Å². The van der Waals surface area contributed by atoms with E-state index in [1.165, 1.54) is 4.90 Å². The Morgan fingerprint density at radius 1 is 0.806 bits per heavy atom. The molecule has 156 valence electrons. The summed E-state index contributed by atoms with van der Waals surface area (Å²) in [4.78, 5) is 28.1. The quantitative estimate of drug-likeness (QED) is 0.531. The molecule has 31 heavy (non-hydrogen) atoms. The third kappa shape index (κ3) is 4.25. The number of carbonyl (C=O) groups excluding carboxylic acids is 2. The van der Waals surface area contributed by atoms with Gasteiger partial charge in [0.15, 0.2) is 0 Å². The number of carbonyl (C=O) groups is 2. The maximum atomic E-state index is 13.4. The molecule has 1 heterocycles. The van der Waals surface area contributed by atoms with E-state index in [1.54, 1.807) is 12.1 Å². The fourth-order valence-corrected chi connectivity index (χ4v) is 3.74. The molecule has 0 saturated heterocycles. The minimum Gasteiger partial charge on any atom is -0.350 e. The molecular weight excluding hydrogens is 408 g/mol. The summed E-state index contributed by atoms with van der Waals surface area (Å²) >= 11 is 6.17. The molecule has 0 bridgehead atoms. The van der Waals surface area contributed by atoms with E-state index >= 15 is 0 Å². The van der Waals surface area contributed by atoms with Gasteiger partial charge >= 0.3 is 0 Å². The average molecular weight is 431 g/mol. The Kier molecular flexibility index (Phi) is 5.66. The molecule has 0 fully saturated rings. The molecule has 0 spiro atoms. The van der Waals surface area contributed by atoms with Gasteiger partial charge in [-0.1, -0.05) is 77.3 Å². The van der Waals surface area contributed by atoms with Crippen molar-refractivity contribution in [2.45, 2.75) is 27.3 Å². The molecule has 1 N–H and O–H groups in total. The molecule has 2 amide bonds. The van der Waals surface area contributed by atoms with Crippen LogP contribution in [0.15, 0.2) is 72.4 Å². The smallest absolute Gasteiger partial charge is 0.278 e. The minimum absolute atomic E-state index is 0.215. The van der Waals surface area contributed by atoms with Crippen LogP contribution in [0.4, 0.5) is 5.69 Å². The highest BCUT2D eigenvalue weighted by atomic mass is 35.5. The Bertz CT molecular complexity index is 1200. The Morgan fingerprint density at radius 3 is 2.06 bits per heavy atom. The minimum atomic E-state index is -0.347. The number of halogens is 1. The van der Waals surface area contributed by atoms with Gasteiger partial charge in [0.1, 0.15) is 5.70 Å². The summed E-state index contributed by atoms with van der Waals surface area (Å²) in [5, 5.41) is 3.76. The standard InChI is InChI=1S/C26H23ClN2O2/c1-16-4-9-19(10-5-16)15-29-25(30)23(20-11-6-17(2)7-12-20)24(26(29)31)28-22-14-21(27)13-8-18(22)3/h4-14,28H,15H2,1-3H3. The van der Waals surface area contributed by atoms with E-state index in [9.17, 15) is 9.59 Å². The molecule has 5 heteroatoms. The maximum Gasteiger partial charge on any atom is 0.278 e. The zero-order valence-corrected chi connectivity index (χ0v) is 18.5. The van der Waals surface area contributed by atoms with Crippen molar-refractivity contribution < 1.29 is 9.59 Å². The topological polar surface area (TPSA) is 49.4 Å². The van der Waals surface area contributed by atoms with Gasteiger partial charge in [-0.3, -0.25) is 14.5 Å². The van der Waals surface area contributed by atoms with Crippen molar-refractivity contribution in [1.82, 2.24) is 4.90 Å². The molecule has 3 aromatic carbocycles. The Hall–Kier alpha value is -3.37. The number of benzene rings is 3. The third-order valence-corrected chi connectivity index (χ3v) is 5.66. The molecule has 0 saturated carbocycles. The predicted octanol–water partition coefficient (Wildman–Crippen LogP) is 5.66. The molecule has 1 aliphatic heterocycles. The second kappa shape index (κ2) is 8.40. The summed E-state index contributed by atoms with van der Waals surface area (Å²) in [7, 11) is 0. The van der Waals surface area contributed by atoms with Gasteiger partial charge in [-0.05, 0) is 49.6 Å². The van der Waals surface area contributed by atoms with Crippen molar-refractivity contribution in [3.05, 3.63) is 105 Å². The van der Waals surface area contributed by atoms with Crippen LogP contribution in [0.1, 0.15) is 27.8 Å². The fraction of sp³-hybridized carbons (Fsp3) is 0.154. The molecule has 3 aromatic rings. The average Bonchev–Trinajstić information content (AvgIpc) is 2.97. The van der Waals surface area contributed by atoms with Gasteiger partial charge in [0.25, 0.3) is 11.8 Å². The normalized spacial score (nSPS) is 13.9. The van der Waals surface area contributed by atoms with Crippen molar-refractivity contribution in [1.29, 1.82) is 0 Å². The molecule has 0 radical (unpaired) electrons. The molecule has 0 unspecified atom stereocenters. The lowest BCUT2D eigenvalue weighted by Crippen LogP contribution is -2.32. The van der Waals surface area contributed by atoms with E-state index < -0.39 is 0 Å². The number of amides is 2. The number of anilines is 1. The zero-order valence-electron chi connectivity index (χ0n) is 17.7. The van der Waals surface area contributed by atoms with Crippen molar-refractivity contribution in [2.75, 3.05) is 5.32 Å². The Morgan fingerprint density at radius 2 is 1.42 bits per heavy atom.